The maximum absolute atomic E-state index is 13.5. The second kappa shape index (κ2) is 10.7. The first-order chi connectivity index (χ1) is 13.1. The van der Waals surface area contributed by atoms with Crippen LogP contribution in [0, 0.1) is 0 Å². The molecule has 0 fully saturated rings. The monoisotopic (exact) mass is 522 g/mol. The molecule has 9 heteroatoms. The van der Waals surface area contributed by atoms with Crippen LogP contribution in [0.5, 0.6) is 5.75 Å². The molecule has 0 aliphatic carbocycles. The van der Waals surface area contributed by atoms with E-state index in [-0.39, 0.29) is 41.8 Å². The Morgan fingerprint density at radius 1 is 1.07 bits per heavy atom. The fourth-order valence-corrected chi connectivity index (χ4v) is 2.47. The number of hydrogen-bond acceptors (Lipinski definition) is 3. The average Bonchev–Trinajstić information content (AvgIpc) is 2.61. The normalized spacial score (nSPS) is 12.2. The lowest BCUT2D eigenvalue weighted by Gasteiger charge is -2.23. The second-order valence-corrected chi connectivity index (χ2v) is 7.13. The van der Waals surface area contributed by atoms with E-state index in [2.05, 4.69) is 20.6 Å². The minimum Gasteiger partial charge on any atom is -0.488 e. The molecule has 1 aromatic carbocycles. The van der Waals surface area contributed by atoms with Gasteiger partial charge in [-0.1, -0.05) is 12.1 Å². The summed E-state index contributed by atoms with van der Waals surface area (Å²) in [5.41, 5.74) is -0.415. The Labute approximate surface area is 186 Å². The van der Waals surface area contributed by atoms with Crippen molar-refractivity contribution in [1.29, 1.82) is 0 Å². The molecular weight excluding hydrogens is 496 g/mol. The van der Waals surface area contributed by atoms with Gasteiger partial charge in [-0.2, -0.15) is 13.2 Å². The number of alkyl halides is 3. The van der Waals surface area contributed by atoms with E-state index in [0.717, 1.165) is 11.8 Å². The van der Waals surface area contributed by atoms with Gasteiger partial charge in [0, 0.05) is 19.8 Å². The zero-order chi connectivity index (χ0) is 20.8. The van der Waals surface area contributed by atoms with Crippen LogP contribution in [-0.2, 0) is 19.3 Å². The van der Waals surface area contributed by atoms with Gasteiger partial charge in [-0.25, -0.2) is 0 Å². The Kier molecular flexibility index (Phi) is 9.18. The van der Waals surface area contributed by atoms with Crippen LogP contribution < -0.4 is 15.4 Å². The predicted octanol–water partition coefficient (Wildman–Crippen LogP) is 4.76. The van der Waals surface area contributed by atoms with E-state index in [1.165, 1.54) is 6.07 Å². The number of nitrogens with zero attached hydrogens (tertiary/aromatic N) is 2. The Balaban J connectivity index is 0.00000420. The third-order valence-corrected chi connectivity index (χ3v) is 3.64. The third-order valence-electron chi connectivity index (χ3n) is 3.64. The van der Waals surface area contributed by atoms with Crippen LogP contribution in [0.25, 0.3) is 0 Å². The number of rotatable bonds is 5. The summed E-state index contributed by atoms with van der Waals surface area (Å²) in [6.07, 6.45) is -2.82. The van der Waals surface area contributed by atoms with Crippen LogP contribution in [0.1, 0.15) is 37.6 Å². The summed E-state index contributed by atoms with van der Waals surface area (Å²) in [6.45, 7) is 5.73. The number of hydrogen-bond donors (Lipinski definition) is 2. The molecule has 0 aliphatic heterocycles. The largest absolute Gasteiger partial charge is 0.488 e. The number of benzene rings is 1. The summed E-state index contributed by atoms with van der Waals surface area (Å²) in [7, 11) is 1.55. The van der Waals surface area contributed by atoms with Gasteiger partial charge in [-0.05, 0) is 50.6 Å². The summed E-state index contributed by atoms with van der Waals surface area (Å²) < 4.78 is 46.1. The number of halogens is 4. The van der Waals surface area contributed by atoms with Crippen LogP contribution >= 0.6 is 24.0 Å². The first-order valence-corrected chi connectivity index (χ1v) is 8.82. The molecule has 0 atom stereocenters. The van der Waals surface area contributed by atoms with Crippen molar-refractivity contribution in [2.45, 2.75) is 45.6 Å². The van der Waals surface area contributed by atoms with Crippen molar-refractivity contribution in [3.63, 3.8) is 0 Å². The lowest BCUT2D eigenvalue weighted by atomic mass is 10.1. The molecule has 5 nitrogen and oxygen atoms in total. The second-order valence-electron chi connectivity index (χ2n) is 7.13. The Morgan fingerprint density at radius 2 is 1.76 bits per heavy atom. The van der Waals surface area contributed by atoms with Crippen molar-refractivity contribution < 1.29 is 17.9 Å². The number of aromatic nitrogens is 1. The van der Waals surface area contributed by atoms with Crippen LogP contribution in [0.3, 0.4) is 0 Å². The van der Waals surface area contributed by atoms with Crippen LogP contribution in [0.15, 0.2) is 47.6 Å². The van der Waals surface area contributed by atoms with Gasteiger partial charge in [0.25, 0.3) is 0 Å². The number of ether oxygens (including phenoxy) is 1. The first-order valence-electron chi connectivity index (χ1n) is 8.82. The molecule has 160 valence electrons. The highest BCUT2D eigenvalue weighted by Gasteiger charge is 2.34. The van der Waals surface area contributed by atoms with Gasteiger partial charge in [0.15, 0.2) is 5.96 Å². The maximum atomic E-state index is 13.5. The standard InChI is InChI=1S/C20H25F3N4O.HI/c1-19(2,3)28-16-9-8-14(17(11-16)20(21,22)23)12-26-18(24-4)27-13-15-7-5-6-10-25-15;/h5-11H,12-13H2,1-4H3,(H2,24,26,27);1H. The van der Waals surface area contributed by atoms with Crippen molar-refractivity contribution in [1.82, 2.24) is 15.6 Å². The van der Waals surface area contributed by atoms with Gasteiger partial charge in [-0.3, -0.25) is 9.98 Å². The van der Waals surface area contributed by atoms with Crippen molar-refractivity contribution in [2.24, 2.45) is 4.99 Å². The highest BCUT2D eigenvalue weighted by molar-refractivity contribution is 14.0. The SMILES string of the molecule is CN=C(NCc1ccccn1)NCc1ccc(OC(C)(C)C)cc1C(F)(F)F.I. The van der Waals surface area contributed by atoms with E-state index in [4.69, 9.17) is 4.74 Å². The average molecular weight is 522 g/mol. The van der Waals surface area contributed by atoms with Gasteiger partial charge < -0.3 is 15.4 Å². The van der Waals surface area contributed by atoms with Gasteiger partial charge in [-0.15, -0.1) is 24.0 Å². The smallest absolute Gasteiger partial charge is 0.416 e. The molecule has 1 heterocycles. The number of nitrogens with one attached hydrogen (secondary N) is 2. The summed E-state index contributed by atoms with van der Waals surface area (Å²) in [5.74, 6) is 0.565. The Hall–Kier alpha value is -2.04. The zero-order valence-electron chi connectivity index (χ0n) is 16.8. The fraction of sp³-hybridized carbons (Fsp3) is 0.400. The van der Waals surface area contributed by atoms with Crippen LogP contribution in [0.4, 0.5) is 13.2 Å². The molecular formula is C20H26F3IN4O. The third kappa shape index (κ3) is 8.46. The molecule has 0 amide bonds. The summed E-state index contributed by atoms with van der Waals surface area (Å²) in [6, 6.07) is 9.51. The molecule has 0 spiro atoms. The zero-order valence-corrected chi connectivity index (χ0v) is 19.1. The molecule has 0 radical (unpaired) electrons. The first kappa shape index (κ1) is 25.0. The lowest BCUT2D eigenvalue weighted by Crippen LogP contribution is -2.37. The Morgan fingerprint density at radius 3 is 2.31 bits per heavy atom. The number of pyridine rings is 1. The molecule has 0 unspecified atom stereocenters. The van der Waals surface area contributed by atoms with E-state index in [1.807, 2.05) is 18.2 Å². The molecule has 0 aliphatic rings. The number of guanidine groups is 1. The molecule has 2 aromatic rings. The van der Waals surface area contributed by atoms with E-state index in [9.17, 15) is 13.2 Å². The van der Waals surface area contributed by atoms with E-state index in [0.29, 0.717) is 12.5 Å². The van der Waals surface area contributed by atoms with Crippen molar-refractivity contribution in [2.75, 3.05) is 7.05 Å². The molecule has 2 N–H and O–H groups in total. The lowest BCUT2D eigenvalue weighted by molar-refractivity contribution is -0.138. The van der Waals surface area contributed by atoms with Gasteiger partial charge in [0.1, 0.15) is 11.4 Å². The Bertz CT molecular complexity index is 806. The van der Waals surface area contributed by atoms with Crippen molar-refractivity contribution >= 4 is 29.9 Å². The van der Waals surface area contributed by atoms with E-state index >= 15 is 0 Å². The van der Waals surface area contributed by atoms with Crippen LogP contribution in [0.2, 0.25) is 0 Å². The quantitative estimate of drug-likeness (QED) is 0.338. The minimum atomic E-state index is -4.49. The van der Waals surface area contributed by atoms with Gasteiger partial charge in [0.05, 0.1) is 17.8 Å². The van der Waals surface area contributed by atoms with E-state index < -0.39 is 17.3 Å². The van der Waals surface area contributed by atoms with Crippen molar-refractivity contribution in [3.8, 4) is 5.75 Å². The molecule has 0 saturated carbocycles. The van der Waals surface area contributed by atoms with Gasteiger partial charge in [0.2, 0.25) is 0 Å². The molecule has 0 saturated heterocycles. The summed E-state index contributed by atoms with van der Waals surface area (Å²) >= 11 is 0. The molecule has 2 rings (SSSR count). The minimum absolute atomic E-state index is 0. The molecule has 1 aromatic heterocycles. The summed E-state index contributed by atoms with van der Waals surface area (Å²) in [5, 5.41) is 5.93. The number of aliphatic imine (C=N–C) groups is 1. The van der Waals surface area contributed by atoms with Crippen LogP contribution in [-0.4, -0.2) is 23.6 Å². The molecule has 0 bridgehead atoms. The highest BCUT2D eigenvalue weighted by atomic mass is 127. The maximum Gasteiger partial charge on any atom is 0.416 e. The highest BCUT2D eigenvalue weighted by Crippen LogP contribution is 2.35. The molecule has 29 heavy (non-hydrogen) atoms. The predicted molar refractivity (Wildman–Crippen MR) is 119 cm³/mol. The summed E-state index contributed by atoms with van der Waals surface area (Å²) in [4.78, 5) is 8.22. The topological polar surface area (TPSA) is 58.5 Å². The van der Waals surface area contributed by atoms with Gasteiger partial charge >= 0.3 is 6.18 Å². The van der Waals surface area contributed by atoms with Crippen molar-refractivity contribution in [3.05, 3.63) is 59.4 Å². The fourth-order valence-electron chi connectivity index (χ4n) is 2.47. The van der Waals surface area contributed by atoms with E-state index in [1.54, 1.807) is 40.1 Å².